The van der Waals surface area contributed by atoms with Crippen LogP contribution in [0.2, 0.25) is 5.02 Å². The maximum Gasteiger partial charge on any atom is 0.255 e. The standard InChI is InChI=1S/C32H31ClN6O3/c33-26-3-1-2-22(14-26)24-13-23(15-34)30(36-18-24)38-10-8-20(9-11-38)16-35-17-21-4-5-27-25(12-21)19-39(32(27)42)28-6-7-29(40)37-31(28)41/h1-5,12-14,18,20,28,35H,6-11,16-17,19H2,(H,37,40,41). The number of aromatic nitrogens is 1. The maximum absolute atomic E-state index is 12.9. The van der Waals surface area contributed by atoms with Crippen molar-refractivity contribution in [3.05, 3.63) is 82.0 Å². The third-order valence-corrected chi connectivity index (χ3v) is 8.64. The number of halogens is 1. The van der Waals surface area contributed by atoms with Crippen LogP contribution in [-0.2, 0) is 22.7 Å². The van der Waals surface area contributed by atoms with Crippen LogP contribution >= 0.6 is 11.6 Å². The van der Waals surface area contributed by atoms with Crippen LogP contribution in [0.5, 0.6) is 0 Å². The Bertz CT molecular complexity index is 1590. The third-order valence-electron chi connectivity index (χ3n) is 8.41. The average molecular weight is 583 g/mol. The summed E-state index contributed by atoms with van der Waals surface area (Å²) in [5, 5.41) is 16.4. The molecule has 0 spiro atoms. The number of benzene rings is 2. The highest BCUT2D eigenvalue weighted by Crippen LogP contribution is 2.30. The lowest BCUT2D eigenvalue weighted by molar-refractivity contribution is -0.136. The minimum atomic E-state index is -0.602. The van der Waals surface area contributed by atoms with Crippen LogP contribution in [0.4, 0.5) is 5.82 Å². The molecular formula is C32H31ClN6O3. The largest absolute Gasteiger partial charge is 0.356 e. The van der Waals surface area contributed by atoms with E-state index in [0.717, 1.165) is 60.5 Å². The Morgan fingerprint density at radius 1 is 1.05 bits per heavy atom. The highest BCUT2D eigenvalue weighted by atomic mass is 35.5. The number of piperidine rings is 2. The van der Waals surface area contributed by atoms with Crippen molar-refractivity contribution in [2.45, 2.75) is 44.8 Å². The summed E-state index contributed by atoms with van der Waals surface area (Å²) in [7, 11) is 0. The van der Waals surface area contributed by atoms with Crippen molar-refractivity contribution in [3.8, 4) is 17.2 Å². The van der Waals surface area contributed by atoms with Crippen molar-refractivity contribution in [2.24, 2.45) is 5.92 Å². The van der Waals surface area contributed by atoms with Gasteiger partial charge in [0, 0.05) is 54.9 Å². The molecule has 0 radical (unpaired) electrons. The van der Waals surface area contributed by atoms with Gasteiger partial charge >= 0.3 is 0 Å². The van der Waals surface area contributed by atoms with E-state index in [1.807, 2.05) is 54.7 Å². The second kappa shape index (κ2) is 11.9. The predicted molar refractivity (Wildman–Crippen MR) is 159 cm³/mol. The highest BCUT2D eigenvalue weighted by molar-refractivity contribution is 6.30. The molecule has 3 aliphatic heterocycles. The van der Waals surface area contributed by atoms with E-state index in [-0.39, 0.29) is 18.2 Å². The Balaban J connectivity index is 1.00. The smallest absolute Gasteiger partial charge is 0.255 e. The molecule has 3 aromatic rings. The van der Waals surface area contributed by atoms with E-state index in [9.17, 15) is 19.6 Å². The minimum absolute atomic E-state index is 0.154. The van der Waals surface area contributed by atoms with Crippen LogP contribution < -0.4 is 15.5 Å². The first-order chi connectivity index (χ1) is 20.4. The van der Waals surface area contributed by atoms with E-state index in [4.69, 9.17) is 11.6 Å². The normalized spacial score (nSPS) is 19.0. The minimum Gasteiger partial charge on any atom is -0.356 e. The number of imide groups is 1. The topological polar surface area (TPSA) is 118 Å². The van der Waals surface area contributed by atoms with Crippen molar-refractivity contribution in [2.75, 3.05) is 24.5 Å². The van der Waals surface area contributed by atoms with Gasteiger partial charge in [-0.05, 0) is 72.7 Å². The van der Waals surface area contributed by atoms with Crippen LogP contribution in [0.3, 0.4) is 0 Å². The van der Waals surface area contributed by atoms with Gasteiger partial charge in [-0.25, -0.2) is 4.98 Å². The number of amides is 3. The number of carbonyl (C=O) groups is 3. The molecule has 0 aliphatic carbocycles. The van der Waals surface area contributed by atoms with Crippen LogP contribution in [0.15, 0.2) is 54.7 Å². The fourth-order valence-corrected chi connectivity index (χ4v) is 6.32. The molecule has 2 fully saturated rings. The molecule has 1 unspecified atom stereocenters. The number of hydrogen-bond acceptors (Lipinski definition) is 7. The average Bonchev–Trinajstić information content (AvgIpc) is 3.32. The zero-order chi connectivity index (χ0) is 29.2. The number of anilines is 1. The first-order valence-corrected chi connectivity index (χ1v) is 14.7. The second-order valence-electron chi connectivity index (χ2n) is 11.2. The Morgan fingerprint density at radius 2 is 1.88 bits per heavy atom. The van der Waals surface area contributed by atoms with E-state index in [1.54, 1.807) is 4.90 Å². The van der Waals surface area contributed by atoms with Gasteiger partial charge in [-0.1, -0.05) is 35.9 Å². The lowest BCUT2D eigenvalue weighted by Gasteiger charge is -2.33. The summed E-state index contributed by atoms with van der Waals surface area (Å²) < 4.78 is 0. The number of nitriles is 1. The van der Waals surface area contributed by atoms with Crippen LogP contribution in [0, 0.1) is 17.2 Å². The van der Waals surface area contributed by atoms with Gasteiger partial charge in [-0.2, -0.15) is 5.26 Å². The number of nitrogens with zero attached hydrogens (tertiary/aromatic N) is 4. The highest BCUT2D eigenvalue weighted by Gasteiger charge is 2.39. The molecule has 0 saturated carbocycles. The lowest BCUT2D eigenvalue weighted by atomic mass is 9.96. The fraction of sp³-hybridized carbons (Fsp3) is 0.344. The molecule has 4 heterocycles. The Hall–Kier alpha value is -4.26. The van der Waals surface area contributed by atoms with Crippen LogP contribution in [-0.4, -0.2) is 53.3 Å². The fourth-order valence-electron chi connectivity index (χ4n) is 6.12. The molecule has 214 valence electrons. The van der Waals surface area contributed by atoms with E-state index < -0.39 is 11.9 Å². The molecule has 0 bridgehead atoms. The summed E-state index contributed by atoms with van der Waals surface area (Å²) in [5.41, 5.74) is 5.00. The molecule has 3 aliphatic rings. The Labute approximate surface area is 249 Å². The molecule has 1 atom stereocenters. The SMILES string of the molecule is N#Cc1cc(-c2cccc(Cl)c2)cnc1N1CCC(CNCc2ccc3c(c2)CN(C2CCC(=O)NC2=O)C3=O)CC1. The summed E-state index contributed by atoms with van der Waals surface area (Å²) in [6, 6.07) is 17.0. The number of fused-ring (bicyclic) bond motifs is 1. The molecular weight excluding hydrogens is 552 g/mol. The van der Waals surface area contributed by atoms with Gasteiger partial charge in [0.15, 0.2) is 0 Å². The van der Waals surface area contributed by atoms with Gasteiger partial charge in [0.1, 0.15) is 17.9 Å². The number of pyridine rings is 1. The van der Waals surface area contributed by atoms with Crippen molar-refractivity contribution < 1.29 is 14.4 Å². The summed E-state index contributed by atoms with van der Waals surface area (Å²) in [4.78, 5) is 45.2. The second-order valence-corrected chi connectivity index (χ2v) is 11.6. The van der Waals surface area contributed by atoms with E-state index >= 15 is 0 Å². The number of hydrogen-bond donors (Lipinski definition) is 2. The third kappa shape index (κ3) is 5.73. The molecule has 1 aromatic heterocycles. The summed E-state index contributed by atoms with van der Waals surface area (Å²) in [6.45, 7) is 3.61. The number of rotatable bonds is 7. The Morgan fingerprint density at radius 3 is 2.64 bits per heavy atom. The van der Waals surface area contributed by atoms with Gasteiger partial charge in [0.25, 0.3) is 5.91 Å². The summed E-state index contributed by atoms with van der Waals surface area (Å²) >= 11 is 6.14. The van der Waals surface area contributed by atoms with Crippen molar-refractivity contribution in [1.82, 2.24) is 20.5 Å². The molecule has 2 saturated heterocycles. The predicted octanol–water partition coefficient (Wildman–Crippen LogP) is 4.04. The van der Waals surface area contributed by atoms with Gasteiger partial charge in [-0.15, -0.1) is 0 Å². The van der Waals surface area contributed by atoms with Gasteiger partial charge in [0.05, 0.1) is 5.56 Å². The van der Waals surface area contributed by atoms with Crippen molar-refractivity contribution in [3.63, 3.8) is 0 Å². The van der Waals surface area contributed by atoms with Crippen molar-refractivity contribution in [1.29, 1.82) is 5.26 Å². The van der Waals surface area contributed by atoms with E-state index in [0.29, 0.717) is 41.6 Å². The monoisotopic (exact) mass is 582 g/mol. The maximum atomic E-state index is 12.9. The molecule has 10 heteroatoms. The van der Waals surface area contributed by atoms with Crippen LogP contribution in [0.25, 0.3) is 11.1 Å². The molecule has 6 rings (SSSR count). The summed E-state index contributed by atoms with van der Waals surface area (Å²) in [5.74, 6) is 0.408. The summed E-state index contributed by atoms with van der Waals surface area (Å²) in [6.07, 6.45) is 4.41. The van der Waals surface area contributed by atoms with Gasteiger partial charge in [0.2, 0.25) is 11.8 Å². The molecule has 9 nitrogen and oxygen atoms in total. The number of carbonyl (C=O) groups excluding carboxylic acids is 3. The first-order valence-electron chi connectivity index (χ1n) is 14.3. The van der Waals surface area contributed by atoms with Gasteiger partial charge < -0.3 is 15.1 Å². The number of nitrogens with one attached hydrogen (secondary N) is 2. The lowest BCUT2D eigenvalue weighted by Crippen LogP contribution is -2.52. The molecule has 2 N–H and O–H groups in total. The molecule has 2 aromatic carbocycles. The zero-order valence-electron chi connectivity index (χ0n) is 23.1. The Kier molecular flexibility index (Phi) is 7.92. The van der Waals surface area contributed by atoms with Crippen LogP contribution in [0.1, 0.15) is 52.7 Å². The first kappa shape index (κ1) is 27.9. The van der Waals surface area contributed by atoms with E-state index in [1.165, 1.54) is 0 Å². The quantitative estimate of drug-likeness (QED) is 0.404. The van der Waals surface area contributed by atoms with Gasteiger partial charge in [-0.3, -0.25) is 19.7 Å². The van der Waals surface area contributed by atoms with Crippen molar-refractivity contribution >= 4 is 35.1 Å². The molecule has 42 heavy (non-hydrogen) atoms. The van der Waals surface area contributed by atoms with E-state index in [2.05, 4.69) is 26.6 Å². The molecule has 3 amide bonds. The zero-order valence-corrected chi connectivity index (χ0v) is 23.9.